The molecule has 2 amide bonds. The number of amides is 2. The van der Waals surface area contributed by atoms with Crippen molar-refractivity contribution in [3.63, 3.8) is 0 Å². The van der Waals surface area contributed by atoms with Crippen LogP contribution in [0, 0.1) is 0 Å². The summed E-state index contributed by atoms with van der Waals surface area (Å²) in [4.78, 5) is 36.1. The van der Waals surface area contributed by atoms with Crippen LogP contribution in [0.4, 0.5) is 0 Å². The SMILES string of the molecule is CC(C(=O)O)c1ccc(CN2C(=O)CCCCC2=O)cc1. The van der Waals surface area contributed by atoms with Crippen molar-refractivity contribution in [1.82, 2.24) is 4.90 Å². The molecule has 2 rings (SSSR count). The van der Waals surface area contributed by atoms with Crippen molar-refractivity contribution in [2.45, 2.75) is 45.1 Å². The second-order valence-corrected chi connectivity index (χ2v) is 5.38. The first kappa shape index (κ1) is 15.2. The largest absolute Gasteiger partial charge is 0.481 e. The van der Waals surface area contributed by atoms with Gasteiger partial charge in [-0.05, 0) is 30.9 Å². The van der Waals surface area contributed by atoms with Crippen LogP contribution in [0.25, 0.3) is 0 Å². The summed E-state index contributed by atoms with van der Waals surface area (Å²) >= 11 is 0. The van der Waals surface area contributed by atoms with Gasteiger partial charge in [-0.15, -0.1) is 0 Å². The van der Waals surface area contributed by atoms with Crippen LogP contribution in [0.15, 0.2) is 24.3 Å². The summed E-state index contributed by atoms with van der Waals surface area (Å²) in [6.45, 7) is 1.89. The Morgan fingerprint density at radius 1 is 1.14 bits per heavy atom. The van der Waals surface area contributed by atoms with Gasteiger partial charge in [0.1, 0.15) is 0 Å². The Labute approximate surface area is 123 Å². The van der Waals surface area contributed by atoms with Gasteiger partial charge in [0, 0.05) is 12.8 Å². The van der Waals surface area contributed by atoms with E-state index in [1.54, 1.807) is 31.2 Å². The van der Waals surface area contributed by atoms with Gasteiger partial charge in [-0.3, -0.25) is 19.3 Å². The molecule has 0 radical (unpaired) electrons. The highest BCUT2D eigenvalue weighted by atomic mass is 16.4. The van der Waals surface area contributed by atoms with Crippen molar-refractivity contribution in [1.29, 1.82) is 0 Å². The van der Waals surface area contributed by atoms with E-state index in [1.807, 2.05) is 0 Å². The van der Waals surface area contributed by atoms with Gasteiger partial charge in [-0.1, -0.05) is 24.3 Å². The average Bonchev–Trinajstić information content (AvgIpc) is 2.62. The summed E-state index contributed by atoms with van der Waals surface area (Å²) in [5.41, 5.74) is 1.54. The molecule has 5 nitrogen and oxygen atoms in total. The lowest BCUT2D eigenvalue weighted by Crippen LogP contribution is -2.34. The van der Waals surface area contributed by atoms with Gasteiger partial charge in [0.05, 0.1) is 12.5 Å². The molecule has 0 aromatic heterocycles. The molecular weight excluding hydrogens is 270 g/mol. The van der Waals surface area contributed by atoms with E-state index in [-0.39, 0.29) is 18.4 Å². The molecule has 1 heterocycles. The molecule has 0 spiro atoms. The number of carboxylic acid groups (broad SMARTS) is 1. The van der Waals surface area contributed by atoms with Crippen molar-refractivity contribution >= 4 is 17.8 Å². The zero-order chi connectivity index (χ0) is 15.4. The van der Waals surface area contributed by atoms with E-state index < -0.39 is 11.9 Å². The average molecular weight is 289 g/mol. The molecule has 0 bridgehead atoms. The molecule has 21 heavy (non-hydrogen) atoms. The Bertz CT molecular complexity index is 532. The zero-order valence-electron chi connectivity index (χ0n) is 12.0. The molecule has 5 heteroatoms. The van der Waals surface area contributed by atoms with E-state index in [4.69, 9.17) is 5.11 Å². The van der Waals surface area contributed by atoms with Crippen molar-refractivity contribution in [3.05, 3.63) is 35.4 Å². The van der Waals surface area contributed by atoms with E-state index >= 15 is 0 Å². The molecule has 1 aromatic carbocycles. The maximum absolute atomic E-state index is 11.9. The smallest absolute Gasteiger partial charge is 0.310 e. The number of benzene rings is 1. The van der Waals surface area contributed by atoms with Crippen molar-refractivity contribution < 1.29 is 19.5 Å². The van der Waals surface area contributed by atoms with Crippen LogP contribution in [0.3, 0.4) is 0 Å². The molecule has 1 atom stereocenters. The Hall–Kier alpha value is -2.17. The topological polar surface area (TPSA) is 74.7 Å². The van der Waals surface area contributed by atoms with E-state index in [2.05, 4.69) is 0 Å². The zero-order valence-corrected chi connectivity index (χ0v) is 12.0. The molecule has 1 fully saturated rings. The molecule has 1 unspecified atom stereocenters. The van der Waals surface area contributed by atoms with Gasteiger partial charge >= 0.3 is 5.97 Å². The van der Waals surface area contributed by atoms with Gasteiger partial charge in [-0.25, -0.2) is 0 Å². The lowest BCUT2D eigenvalue weighted by Gasteiger charge is -2.19. The molecule has 1 aromatic rings. The summed E-state index contributed by atoms with van der Waals surface area (Å²) in [7, 11) is 0. The normalized spacial score (nSPS) is 17.5. The van der Waals surface area contributed by atoms with Crippen LogP contribution in [0.5, 0.6) is 0 Å². The number of nitrogens with zero attached hydrogens (tertiary/aromatic N) is 1. The highest BCUT2D eigenvalue weighted by molar-refractivity contribution is 5.95. The lowest BCUT2D eigenvalue weighted by molar-refractivity contribution is -0.144. The van der Waals surface area contributed by atoms with Crippen LogP contribution in [-0.2, 0) is 20.9 Å². The number of aliphatic carboxylic acids is 1. The summed E-state index contributed by atoms with van der Waals surface area (Å²) < 4.78 is 0. The fraction of sp³-hybridized carbons (Fsp3) is 0.438. The number of hydrogen-bond donors (Lipinski definition) is 1. The molecular formula is C16H19NO4. The Morgan fingerprint density at radius 3 is 2.14 bits per heavy atom. The standard InChI is InChI=1S/C16H19NO4/c1-11(16(20)21)13-8-6-12(7-9-13)10-17-14(18)4-2-3-5-15(17)19/h6-9,11H,2-5,10H2,1H3,(H,20,21). The Morgan fingerprint density at radius 2 is 1.67 bits per heavy atom. The molecule has 0 saturated carbocycles. The fourth-order valence-corrected chi connectivity index (χ4v) is 2.37. The van der Waals surface area contributed by atoms with Crippen LogP contribution in [-0.4, -0.2) is 27.8 Å². The van der Waals surface area contributed by atoms with Crippen LogP contribution < -0.4 is 0 Å². The molecule has 1 N–H and O–H groups in total. The molecule has 112 valence electrons. The minimum Gasteiger partial charge on any atom is -0.481 e. The minimum absolute atomic E-state index is 0.125. The van der Waals surface area contributed by atoms with Crippen LogP contribution in [0.1, 0.15) is 49.7 Å². The third-order valence-corrected chi connectivity index (χ3v) is 3.82. The maximum atomic E-state index is 11.9. The Balaban J connectivity index is 2.10. The summed E-state index contributed by atoms with van der Waals surface area (Å²) in [6, 6.07) is 7.03. The number of carboxylic acids is 1. The van der Waals surface area contributed by atoms with Gasteiger partial charge in [-0.2, -0.15) is 0 Å². The van der Waals surface area contributed by atoms with Gasteiger partial charge in [0.2, 0.25) is 11.8 Å². The van der Waals surface area contributed by atoms with E-state index in [1.165, 1.54) is 4.90 Å². The second-order valence-electron chi connectivity index (χ2n) is 5.38. The first-order valence-electron chi connectivity index (χ1n) is 7.14. The van der Waals surface area contributed by atoms with Gasteiger partial charge in [0.25, 0.3) is 0 Å². The summed E-state index contributed by atoms with van der Waals surface area (Å²) in [5, 5.41) is 8.97. The fourth-order valence-electron chi connectivity index (χ4n) is 2.37. The third kappa shape index (κ3) is 3.68. The first-order chi connectivity index (χ1) is 9.99. The number of likely N-dealkylation sites (tertiary alicyclic amines) is 1. The second kappa shape index (κ2) is 6.52. The van der Waals surface area contributed by atoms with E-state index in [9.17, 15) is 14.4 Å². The summed E-state index contributed by atoms with van der Waals surface area (Å²) in [5.74, 6) is -1.69. The van der Waals surface area contributed by atoms with Gasteiger partial charge in [0.15, 0.2) is 0 Å². The van der Waals surface area contributed by atoms with Crippen molar-refractivity contribution in [2.75, 3.05) is 0 Å². The predicted octanol–water partition coefficient (Wildman–Crippen LogP) is 2.30. The van der Waals surface area contributed by atoms with Gasteiger partial charge < -0.3 is 5.11 Å². The van der Waals surface area contributed by atoms with Crippen molar-refractivity contribution in [2.24, 2.45) is 0 Å². The molecule has 0 aliphatic carbocycles. The third-order valence-electron chi connectivity index (χ3n) is 3.82. The Kier molecular flexibility index (Phi) is 4.73. The number of imide groups is 1. The predicted molar refractivity (Wildman–Crippen MR) is 76.5 cm³/mol. The number of rotatable bonds is 4. The van der Waals surface area contributed by atoms with E-state index in [0.717, 1.165) is 18.4 Å². The highest BCUT2D eigenvalue weighted by Crippen LogP contribution is 2.19. The van der Waals surface area contributed by atoms with Crippen LogP contribution in [0.2, 0.25) is 0 Å². The number of carbonyl (C=O) groups excluding carboxylic acids is 2. The molecule has 1 aliphatic rings. The minimum atomic E-state index is -0.874. The maximum Gasteiger partial charge on any atom is 0.310 e. The van der Waals surface area contributed by atoms with Crippen LogP contribution >= 0.6 is 0 Å². The number of carbonyl (C=O) groups is 3. The highest BCUT2D eigenvalue weighted by Gasteiger charge is 2.24. The molecule has 1 saturated heterocycles. The first-order valence-corrected chi connectivity index (χ1v) is 7.14. The molecule has 1 aliphatic heterocycles. The monoisotopic (exact) mass is 289 g/mol. The van der Waals surface area contributed by atoms with E-state index in [0.29, 0.717) is 18.4 Å². The quantitative estimate of drug-likeness (QED) is 0.863. The summed E-state index contributed by atoms with van der Waals surface area (Å²) in [6.07, 6.45) is 2.35. The number of hydrogen-bond acceptors (Lipinski definition) is 3. The lowest BCUT2D eigenvalue weighted by atomic mass is 10.00. The van der Waals surface area contributed by atoms with Crippen molar-refractivity contribution in [3.8, 4) is 0 Å².